The van der Waals surface area contributed by atoms with E-state index in [-0.39, 0.29) is 5.69 Å². The van der Waals surface area contributed by atoms with Crippen LogP contribution in [0.15, 0.2) is 18.3 Å². The second-order valence-electron chi connectivity index (χ2n) is 1.47. The van der Waals surface area contributed by atoms with Crippen molar-refractivity contribution in [2.24, 2.45) is 0 Å². The van der Waals surface area contributed by atoms with Crippen molar-refractivity contribution in [1.29, 1.82) is 0 Å². The van der Waals surface area contributed by atoms with E-state index >= 15 is 0 Å². The van der Waals surface area contributed by atoms with Crippen molar-refractivity contribution >= 4 is 5.69 Å². The Morgan fingerprint density at radius 1 is 1.88 bits per heavy atom. The van der Waals surface area contributed by atoms with E-state index in [0.717, 1.165) is 0 Å². The SMILES string of the molecule is [2H][13C]([2H])([2H])c1cc(N)ccn1. The van der Waals surface area contributed by atoms with Gasteiger partial charge in [0, 0.05) is 21.7 Å². The van der Waals surface area contributed by atoms with Gasteiger partial charge in [-0.2, -0.15) is 0 Å². The summed E-state index contributed by atoms with van der Waals surface area (Å²) in [4.78, 5) is 3.67. The summed E-state index contributed by atoms with van der Waals surface area (Å²) in [6, 6.07) is 2.90. The molecule has 0 aliphatic carbocycles. The Bertz CT molecular complexity index is 256. The minimum absolute atomic E-state index is 0.0394. The standard InChI is InChI=1S/C6H8N2/c1-5-4-6(7)2-3-8-5/h2-4H,1H3,(H2,7,8)/i1+1D3. The lowest BCUT2D eigenvalue weighted by Gasteiger charge is -1.90. The van der Waals surface area contributed by atoms with Crippen LogP contribution in [0.4, 0.5) is 5.69 Å². The number of pyridine rings is 1. The highest BCUT2D eigenvalue weighted by Gasteiger charge is 1.82. The third-order valence-corrected chi connectivity index (χ3v) is 0.784. The summed E-state index contributed by atoms with van der Waals surface area (Å²) in [7, 11) is 0. The fourth-order valence-corrected chi connectivity index (χ4v) is 0.447. The first-order valence-corrected chi connectivity index (χ1v) is 2.22. The van der Waals surface area contributed by atoms with Crippen LogP contribution in [0.25, 0.3) is 0 Å². The van der Waals surface area contributed by atoms with Crippen LogP contribution in [0.2, 0.25) is 0 Å². The maximum absolute atomic E-state index is 6.98. The number of anilines is 1. The lowest BCUT2D eigenvalue weighted by atomic mass is 10.4. The molecule has 1 aromatic rings. The van der Waals surface area contributed by atoms with Crippen molar-refractivity contribution in [2.75, 3.05) is 5.73 Å². The highest BCUT2D eigenvalue weighted by molar-refractivity contribution is 5.36. The Labute approximate surface area is 52.6 Å². The molecule has 2 N–H and O–H groups in total. The van der Waals surface area contributed by atoms with Crippen LogP contribution >= 0.6 is 0 Å². The topological polar surface area (TPSA) is 38.9 Å². The molecule has 1 heterocycles. The quantitative estimate of drug-likeness (QED) is 0.508. The Morgan fingerprint density at radius 3 is 3.25 bits per heavy atom. The van der Waals surface area contributed by atoms with Gasteiger partial charge >= 0.3 is 0 Å². The molecule has 8 heavy (non-hydrogen) atoms. The molecule has 42 valence electrons. The normalized spacial score (nSPS) is 16.2. The first-order chi connectivity index (χ1) is 5.00. The smallest absolute Gasteiger partial charge is 0.0393 e. The molecule has 0 spiro atoms. The van der Waals surface area contributed by atoms with Gasteiger partial charge in [-0.1, -0.05) is 0 Å². The third kappa shape index (κ3) is 0.964. The zero-order chi connectivity index (χ0) is 8.48. The summed E-state index contributed by atoms with van der Waals surface area (Å²) in [6.45, 7) is -2.16. The van der Waals surface area contributed by atoms with Crippen molar-refractivity contribution in [3.8, 4) is 0 Å². The molecule has 2 heteroatoms. The molecule has 1 rings (SSSR count). The van der Waals surface area contributed by atoms with Crippen molar-refractivity contribution in [1.82, 2.24) is 4.98 Å². The molecular formula is C6H8N2. The molecule has 1 aromatic heterocycles. The zero-order valence-electron chi connectivity index (χ0n) is 7.26. The molecule has 0 aliphatic rings. The summed E-state index contributed by atoms with van der Waals surface area (Å²) in [6.07, 6.45) is 1.39. The Balaban J connectivity index is 3.06. The average molecular weight is 112 g/mol. The summed E-state index contributed by atoms with van der Waals surface area (Å²) in [5.41, 5.74) is 5.83. The van der Waals surface area contributed by atoms with E-state index in [0.29, 0.717) is 5.69 Å². The Kier molecular flexibility index (Phi) is 0.565. The average Bonchev–Trinajstić information content (AvgIpc) is 1.86. The van der Waals surface area contributed by atoms with Crippen molar-refractivity contribution in [3.05, 3.63) is 24.0 Å². The van der Waals surface area contributed by atoms with Gasteiger partial charge < -0.3 is 5.73 Å². The van der Waals surface area contributed by atoms with Gasteiger partial charge in [0.2, 0.25) is 0 Å². The summed E-state index contributed by atoms with van der Waals surface area (Å²) >= 11 is 0. The first-order valence-electron chi connectivity index (χ1n) is 3.72. The zero-order valence-corrected chi connectivity index (χ0v) is 4.26. The lowest BCUT2D eigenvalue weighted by molar-refractivity contribution is 1.20. The third-order valence-electron chi connectivity index (χ3n) is 0.784. The van der Waals surface area contributed by atoms with Crippen molar-refractivity contribution in [2.45, 2.75) is 6.85 Å². The lowest BCUT2D eigenvalue weighted by Crippen LogP contribution is -1.85. The van der Waals surface area contributed by atoms with Gasteiger partial charge in [0.1, 0.15) is 0 Å². The molecule has 0 aliphatic heterocycles. The molecule has 0 bridgehead atoms. The number of nitrogen functional groups attached to an aromatic ring is 1. The fraction of sp³-hybridized carbons (Fsp3) is 0.167. The van der Waals surface area contributed by atoms with Gasteiger partial charge in [-0.3, -0.25) is 4.98 Å². The van der Waals surface area contributed by atoms with Crippen LogP contribution < -0.4 is 5.73 Å². The van der Waals surface area contributed by atoms with E-state index < -0.39 is 6.85 Å². The van der Waals surface area contributed by atoms with E-state index in [1.54, 1.807) is 6.07 Å². The van der Waals surface area contributed by atoms with Gasteiger partial charge in [-0.25, -0.2) is 0 Å². The van der Waals surface area contributed by atoms with Crippen molar-refractivity contribution < 1.29 is 4.11 Å². The highest BCUT2D eigenvalue weighted by atomic mass is 14.7. The summed E-state index contributed by atoms with van der Waals surface area (Å²) in [5.74, 6) is 0. The number of rotatable bonds is 0. The molecule has 0 aromatic carbocycles. The van der Waals surface area contributed by atoms with Gasteiger partial charge in [-0.05, 0) is 19.0 Å². The number of aromatic nitrogens is 1. The number of hydrogen-bond acceptors (Lipinski definition) is 2. The summed E-state index contributed by atoms with van der Waals surface area (Å²) < 4.78 is 21.0. The number of nitrogens with zero attached hydrogens (tertiary/aromatic N) is 1. The van der Waals surface area contributed by atoms with Crippen LogP contribution in [-0.2, 0) is 0 Å². The van der Waals surface area contributed by atoms with Crippen molar-refractivity contribution in [3.63, 3.8) is 0 Å². The fourth-order valence-electron chi connectivity index (χ4n) is 0.447. The van der Waals surface area contributed by atoms with E-state index in [9.17, 15) is 0 Å². The molecule has 0 saturated carbocycles. The number of aryl methyl sites for hydroxylation is 1. The van der Waals surface area contributed by atoms with E-state index in [1.165, 1.54) is 12.3 Å². The van der Waals surface area contributed by atoms with E-state index in [2.05, 4.69) is 4.98 Å². The monoisotopic (exact) mass is 112 g/mol. The van der Waals surface area contributed by atoms with Gasteiger partial charge in [0.15, 0.2) is 0 Å². The van der Waals surface area contributed by atoms with Crippen LogP contribution in [-0.4, -0.2) is 4.98 Å². The van der Waals surface area contributed by atoms with Gasteiger partial charge in [0.05, 0.1) is 0 Å². The molecule has 0 radical (unpaired) electrons. The maximum Gasteiger partial charge on any atom is 0.0393 e. The molecule has 0 saturated heterocycles. The first kappa shape index (κ1) is 2.49. The van der Waals surface area contributed by atoms with Gasteiger partial charge in [0.25, 0.3) is 0 Å². The number of hydrogen-bond donors (Lipinski definition) is 1. The highest BCUT2D eigenvalue weighted by Crippen LogP contribution is 1.99. The molecular weight excluding hydrogens is 101 g/mol. The molecule has 0 amide bonds. The molecule has 2 nitrogen and oxygen atoms in total. The molecule has 0 unspecified atom stereocenters. The summed E-state index contributed by atoms with van der Waals surface area (Å²) in [5, 5.41) is 0. The molecule has 0 atom stereocenters. The van der Waals surface area contributed by atoms with Crippen LogP contribution in [0.3, 0.4) is 0 Å². The number of nitrogens with two attached hydrogens (primary N) is 1. The van der Waals surface area contributed by atoms with Crippen LogP contribution in [0, 0.1) is 6.85 Å². The Hall–Kier alpha value is -1.05. The predicted octanol–water partition coefficient (Wildman–Crippen LogP) is 0.972. The maximum atomic E-state index is 6.98. The second-order valence-corrected chi connectivity index (χ2v) is 1.47. The van der Waals surface area contributed by atoms with E-state index in [4.69, 9.17) is 9.85 Å². The van der Waals surface area contributed by atoms with Crippen LogP contribution in [0.1, 0.15) is 9.81 Å². The predicted molar refractivity (Wildman–Crippen MR) is 33.4 cm³/mol. The van der Waals surface area contributed by atoms with Gasteiger partial charge in [-0.15, -0.1) is 0 Å². The minimum Gasteiger partial charge on any atom is -0.399 e. The largest absolute Gasteiger partial charge is 0.399 e. The van der Waals surface area contributed by atoms with E-state index in [1.807, 2.05) is 0 Å². The minimum atomic E-state index is -2.16. The Morgan fingerprint density at radius 2 is 2.75 bits per heavy atom. The molecule has 0 fully saturated rings. The van der Waals surface area contributed by atoms with Crippen LogP contribution in [0.5, 0.6) is 0 Å². The second kappa shape index (κ2) is 1.82.